The number of benzene rings is 3. The molecule has 0 aliphatic carbocycles. The summed E-state index contributed by atoms with van der Waals surface area (Å²) in [4.78, 5) is 4.48. The van der Waals surface area contributed by atoms with E-state index in [4.69, 9.17) is 24.7 Å². The molecule has 0 saturated carbocycles. The van der Waals surface area contributed by atoms with Gasteiger partial charge in [-0.3, -0.25) is 0 Å². The third-order valence-corrected chi connectivity index (χ3v) is 8.46. The van der Waals surface area contributed by atoms with E-state index in [1.807, 2.05) is 96.5 Å². The molecule has 1 fully saturated rings. The summed E-state index contributed by atoms with van der Waals surface area (Å²) in [6.45, 7) is 3.56. The zero-order valence-electron chi connectivity index (χ0n) is 25.3. The first-order valence-corrected chi connectivity index (χ1v) is 15.1. The van der Waals surface area contributed by atoms with Gasteiger partial charge in [-0.1, -0.05) is 91.0 Å². The fourth-order valence-corrected chi connectivity index (χ4v) is 6.20. The Bertz CT molecular complexity index is 1780. The Morgan fingerprint density at radius 2 is 1.49 bits per heavy atom. The lowest BCUT2D eigenvalue weighted by Crippen LogP contribution is -2.47. The van der Waals surface area contributed by atoms with Gasteiger partial charge in [0.15, 0.2) is 11.7 Å². The highest BCUT2D eigenvalue weighted by Gasteiger charge is 2.57. The van der Waals surface area contributed by atoms with Crippen molar-refractivity contribution in [1.29, 1.82) is 0 Å². The Kier molecular flexibility index (Phi) is 8.03. The van der Waals surface area contributed by atoms with Gasteiger partial charge in [-0.25, -0.2) is 14.5 Å². The third-order valence-electron chi connectivity index (χ3n) is 8.46. The normalized spacial score (nSPS) is 22.6. The minimum atomic E-state index is -0.950. The number of hydrazone groups is 1. The molecular formula is C35H36N6O4. The van der Waals surface area contributed by atoms with Gasteiger partial charge >= 0.3 is 0 Å². The number of nitrogens with zero attached hydrogens (tertiary/aromatic N) is 5. The summed E-state index contributed by atoms with van der Waals surface area (Å²) < 4.78 is 28.7. The first-order chi connectivity index (χ1) is 22.0. The van der Waals surface area contributed by atoms with E-state index in [1.165, 1.54) is 6.33 Å². The minimum Gasteiger partial charge on any atom is -0.382 e. The Morgan fingerprint density at radius 3 is 2.16 bits per heavy atom. The molecule has 45 heavy (non-hydrogen) atoms. The molecule has 2 aromatic heterocycles. The van der Waals surface area contributed by atoms with Gasteiger partial charge in [0, 0.05) is 12.6 Å². The fourth-order valence-electron chi connectivity index (χ4n) is 6.20. The van der Waals surface area contributed by atoms with Crippen molar-refractivity contribution in [3.05, 3.63) is 131 Å². The van der Waals surface area contributed by atoms with Crippen molar-refractivity contribution in [3.8, 4) is 0 Å². The number of nitrogens with two attached hydrogens (primary N) is 1. The van der Waals surface area contributed by atoms with Crippen molar-refractivity contribution in [1.82, 2.24) is 14.6 Å². The highest BCUT2D eigenvalue weighted by Crippen LogP contribution is 2.48. The SMILES string of the molecule is CN1N=C(N)c2cc([C@@H]3O[C@H](COCc4ccccc4)[C@@H](OCc4ccccc4)[C@@]3(C)OCc3ccccc3)n3ncnc1c23. The number of amidine groups is 1. The van der Waals surface area contributed by atoms with Gasteiger partial charge in [0.25, 0.3) is 0 Å². The topological polar surface area (TPSA) is 109 Å². The summed E-state index contributed by atoms with van der Waals surface area (Å²) in [5, 5.41) is 10.8. The van der Waals surface area contributed by atoms with Gasteiger partial charge in [-0.15, -0.1) is 0 Å². The van der Waals surface area contributed by atoms with Crippen LogP contribution in [-0.2, 0) is 38.8 Å². The van der Waals surface area contributed by atoms with E-state index < -0.39 is 23.9 Å². The molecule has 0 radical (unpaired) electrons. The van der Waals surface area contributed by atoms with Crippen LogP contribution < -0.4 is 10.7 Å². The predicted octanol–water partition coefficient (Wildman–Crippen LogP) is 5.02. The number of ether oxygens (including phenoxy) is 4. The summed E-state index contributed by atoms with van der Waals surface area (Å²) in [5.41, 5.74) is 10.9. The fraction of sp³-hybridized carbons (Fsp3) is 0.286. The van der Waals surface area contributed by atoms with Crippen LogP contribution in [0, 0.1) is 0 Å². The minimum absolute atomic E-state index is 0.303. The van der Waals surface area contributed by atoms with E-state index in [1.54, 1.807) is 5.01 Å². The molecule has 0 amide bonds. The first-order valence-electron chi connectivity index (χ1n) is 15.1. The van der Waals surface area contributed by atoms with Gasteiger partial charge in [0.05, 0.1) is 32.1 Å². The molecule has 10 heteroatoms. The molecule has 2 aliphatic heterocycles. The lowest BCUT2D eigenvalue weighted by molar-refractivity contribution is -0.148. The zero-order valence-corrected chi connectivity index (χ0v) is 25.3. The maximum absolute atomic E-state index is 6.93. The molecule has 1 saturated heterocycles. The molecule has 7 rings (SSSR count). The Balaban J connectivity index is 1.28. The second kappa shape index (κ2) is 12.4. The van der Waals surface area contributed by atoms with Crippen molar-refractivity contribution in [2.24, 2.45) is 10.8 Å². The van der Waals surface area contributed by atoms with E-state index in [9.17, 15) is 0 Å². The van der Waals surface area contributed by atoms with Crippen LogP contribution in [0.25, 0.3) is 5.52 Å². The standard InChI is InChI=1S/C35H36N6O4/c1-35(44-21-26-16-10-5-11-17-26)31(28-18-27-30-34(37-23-38-41(28)30)40(2)39-33(27)36)45-29(22-42-19-24-12-6-3-7-13-24)32(35)43-20-25-14-8-4-9-15-25/h3-18,23,29,31-32H,19-22H2,1-2H3,(H2,36,39)/t29-,31+,32-,35+/m1/s1. The van der Waals surface area contributed by atoms with E-state index >= 15 is 0 Å². The molecule has 230 valence electrons. The average molecular weight is 605 g/mol. The Morgan fingerprint density at radius 1 is 0.867 bits per heavy atom. The van der Waals surface area contributed by atoms with Crippen LogP contribution in [0.3, 0.4) is 0 Å². The Hall–Kier alpha value is -4.61. The maximum Gasteiger partial charge on any atom is 0.177 e. The van der Waals surface area contributed by atoms with Crippen LogP contribution in [0.2, 0.25) is 0 Å². The molecule has 2 aliphatic rings. The van der Waals surface area contributed by atoms with Crippen molar-refractivity contribution < 1.29 is 18.9 Å². The lowest BCUT2D eigenvalue weighted by atomic mass is 9.90. The molecule has 5 aromatic rings. The van der Waals surface area contributed by atoms with Gasteiger partial charge in [-0.2, -0.15) is 10.2 Å². The largest absolute Gasteiger partial charge is 0.382 e. The smallest absolute Gasteiger partial charge is 0.177 e. The van der Waals surface area contributed by atoms with Gasteiger partial charge in [0.1, 0.15) is 35.8 Å². The van der Waals surface area contributed by atoms with Crippen molar-refractivity contribution in [2.75, 3.05) is 18.7 Å². The summed E-state index contributed by atoms with van der Waals surface area (Å²) in [6.07, 6.45) is -0.00875. The van der Waals surface area contributed by atoms with E-state index in [2.05, 4.69) is 34.2 Å². The molecular weight excluding hydrogens is 568 g/mol. The van der Waals surface area contributed by atoms with E-state index in [-0.39, 0.29) is 0 Å². The van der Waals surface area contributed by atoms with Crippen LogP contribution in [-0.4, -0.2) is 51.9 Å². The average Bonchev–Trinajstić information content (AvgIpc) is 3.59. The first kappa shape index (κ1) is 29.1. The molecule has 4 atom stereocenters. The summed E-state index contributed by atoms with van der Waals surface area (Å²) in [7, 11) is 1.82. The van der Waals surface area contributed by atoms with E-state index in [0.29, 0.717) is 38.1 Å². The van der Waals surface area contributed by atoms with Crippen molar-refractivity contribution >= 4 is 17.2 Å². The third kappa shape index (κ3) is 5.69. The van der Waals surface area contributed by atoms with Crippen LogP contribution in [0.1, 0.15) is 41.0 Å². The predicted molar refractivity (Wildman–Crippen MR) is 170 cm³/mol. The van der Waals surface area contributed by atoms with Crippen LogP contribution in [0.15, 0.2) is 108 Å². The molecule has 3 aromatic carbocycles. The lowest BCUT2D eigenvalue weighted by Gasteiger charge is -2.35. The number of aromatic nitrogens is 3. The summed E-state index contributed by atoms with van der Waals surface area (Å²) >= 11 is 0. The number of hydrogen-bond donors (Lipinski definition) is 1. The molecule has 10 nitrogen and oxygen atoms in total. The quantitative estimate of drug-likeness (QED) is 0.224. The zero-order chi connectivity index (χ0) is 30.8. The van der Waals surface area contributed by atoms with Gasteiger partial charge in [0.2, 0.25) is 0 Å². The van der Waals surface area contributed by atoms with Crippen molar-refractivity contribution in [2.45, 2.75) is 50.7 Å². The highest BCUT2D eigenvalue weighted by molar-refractivity contribution is 6.08. The van der Waals surface area contributed by atoms with Crippen LogP contribution in [0.5, 0.6) is 0 Å². The van der Waals surface area contributed by atoms with Crippen LogP contribution in [0.4, 0.5) is 5.82 Å². The molecule has 0 bridgehead atoms. The molecule has 0 spiro atoms. The number of hydrogen-bond acceptors (Lipinski definition) is 9. The molecule has 0 unspecified atom stereocenters. The van der Waals surface area contributed by atoms with E-state index in [0.717, 1.165) is 33.5 Å². The van der Waals surface area contributed by atoms with Gasteiger partial charge < -0.3 is 24.7 Å². The summed E-state index contributed by atoms with van der Waals surface area (Å²) in [6, 6.07) is 32.3. The second-order valence-electron chi connectivity index (χ2n) is 11.6. The molecule has 2 N–H and O–H groups in total. The monoisotopic (exact) mass is 604 g/mol. The maximum atomic E-state index is 6.93. The number of anilines is 1. The molecule has 4 heterocycles. The van der Waals surface area contributed by atoms with Gasteiger partial charge in [-0.05, 0) is 29.7 Å². The summed E-state index contributed by atoms with van der Waals surface area (Å²) in [5.74, 6) is 1.04. The van der Waals surface area contributed by atoms with Crippen molar-refractivity contribution in [3.63, 3.8) is 0 Å². The Labute approximate surface area is 262 Å². The second-order valence-corrected chi connectivity index (χ2v) is 11.6. The highest BCUT2D eigenvalue weighted by atomic mass is 16.6. The number of rotatable bonds is 11. The van der Waals surface area contributed by atoms with Crippen LogP contribution >= 0.6 is 0 Å².